The number of aromatic nitrogens is 2. The number of β-lactam (4-membered cyclic amide) rings is 1. The molecule has 1 fully saturated rings. The summed E-state index contributed by atoms with van der Waals surface area (Å²) in [5.74, 6) is -1.61. The number of aliphatic hydroxyl groups is 1. The molecule has 5 rings (SSSR count). The maximum absolute atomic E-state index is 13.2. The number of carbonyl (C=O) groups excluding carboxylic acids is 2. The number of esters is 1. The molecule has 10 heteroatoms. The highest BCUT2D eigenvalue weighted by molar-refractivity contribution is 6.06. The molecule has 0 unspecified atom stereocenters. The van der Waals surface area contributed by atoms with E-state index in [0.29, 0.717) is 23.3 Å². The average molecular weight is 474 g/mol. The number of aliphatic hydroxyl groups excluding tert-OH is 1. The van der Waals surface area contributed by atoms with Crippen LogP contribution < -0.4 is 0 Å². The molecule has 3 heterocycles. The van der Waals surface area contributed by atoms with Crippen LogP contribution in [-0.2, 0) is 20.9 Å². The molecule has 2 aromatic carbocycles. The molecule has 10 nitrogen and oxygen atoms in total. The summed E-state index contributed by atoms with van der Waals surface area (Å²) in [7, 11) is 0. The van der Waals surface area contributed by atoms with E-state index in [4.69, 9.17) is 4.74 Å². The van der Waals surface area contributed by atoms with Gasteiger partial charge in [-0.25, -0.2) is 9.48 Å². The molecule has 0 bridgehead atoms. The molecule has 0 spiro atoms. The minimum Gasteiger partial charge on any atom is -0.456 e. The van der Waals surface area contributed by atoms with Crippen LogP contribution in [0.3, 0.4) is 0 Å². The summed E-state index contributed by atoms with van der Waals surface area (Å²) in [6.07, 6.45) is 1.30. The number of nitrogens with zero attached hydrogens (tertiary/aromatic N) is 4. The first kappa shape index (κ1) is 22.5. The molecule has 3 aromatic rings. The van der Waals surface area contributed by atoms with E-state index in [2.05, 4.69) is 5.10 Å². The van der Waals surface area contributed by atoms with E-state index >= 15 is 0 Å². The van der Waals surface area contributed by atoms with Crippen LogP contribution in [-0.4, -0.2) is 48.7 Å². The van der Waals surface area contributed by atoms with E-state index in [9.17, 15) is 24.8 Å². The lowest BCUT2D eigenvalue weighted by atomic mass is 9.83. The number of benzene rings is 2. The Morgan fingerprint density at radius 2 is 1.91 bits per heavy atom. The molecule has 1 aromatic heterocycles. The third kappa shape index (κ3) is 3.97. The minimum absolute atomic E-state index is 0.0620. The van der Waals surface area contributed by atoms with Crippen LogP contribution in [0.5, 0.6) is 0 Å². The number of ether oxygens (including phenoxy) is 1. The van der Waals surface area contributed by atoms with Gasteiger partial charge in [-0.3, -0.25) is 14.9 Å². The highest BCUT2D eigenvalue weighted by Crippen LogP contribution is 2.47. The van der Waals surface area contributed by atoms with Crippen molar-refractivity contribution in [3.8, 4) is 5.69 Å². The molecule has 35 heavy (non-hydrogen) atoms. The van der Waals surface area contributed by atoms with Gasteiger partial charge in [0.1, 0.15) is 12.3 Å². The summed E-state index contributed by atoms with van der Waals surface area (Å²) in [5.41, 5.74) is 2.61. The Labute approximate surface area is 200 Å². The maximum Gasteiger partial charge on any atom is 0.355 e. The number of nitro benzene ring substituents is 1. The number of hydrogen-bond acceptors (Lipinski definition) is 7. The van der Waals surface area contributed by atoms with Crippen LogP contribution in [0.1, 0.15) is 24.6 Å². The van der Waals surface area contributed by atoms with Gasteiger partial charge in [-0.15, -0.1) is 0 Å². The van der Waals surface area contributed by atoms with E-state index in [0.717, 1.165) is 5.69 Å². The molecule has 0 aliphatic carbocycles. The van der Waals surface area contributed by atoms with E-state index in [1.165, 1.54) is 29.2 Å². The summed E-state index contributed by atoms with van der Waals surface area (Å²) in [6.45, 7) is 1.45. The van der Waals surface area contributed by atoms with Gasteiger partial charge < -0.3 is 14.7 Å². The number of rotatable bonds is 7. The van der Waals surface area contributed by atoms with E-state index in [1.807, 2.05) is 30.3 Å². The van der Waals surface area contributed by atoms with Crippen LogP contribution in [0.15, 0.2) is 72.6 Å². The first-order valence-electron chi connectivity index (χ1n) is 11.1. The van der Waals surface area contributed by atoms with Gasteiger partial charge in [0.25, 0.3) is 5.69 Å². The van der Waals surface area contributed by atoms with Gasteiger partial charge in [0.05, 0.1) is 34.4 Å². The topological polar surface area (TPSA) is 128 Å². The number of non-ortho nitro benzene ring substituents is 1. The van der Waals surface area contributed by atoms with Crippen molar-refractivity contribution in [3.05, 3.63) is 93.9 Å². The van der Waals surface area contributed by atoms with Crippen molar-refractivity contribution < 1.29 is 24.4 Å². The fourth-order valence-corrected chi connectivity index (χ4v) is 4.63. The Bertz CT molecular complexity index is 1330. The predicted octanol–water partition coefficient (Wildman–Crippen LogP) is 2.85. The second kappa shape index (κ2) is 8.80. The van der Waals surface area contributed by atoms with Gasteiger partial charge in [-0.05, 0) is 49.2 Å². The molecule has 1 saturated heterocycles. The zero-order chi connectivity index (χ0) is 24.7. The Morgan fingerprint density at radius 1 is 1.20 bits per heavy atom. The molecule has 3 atom stereocenters. The van der Waals surface area contributed by atoms with Crippen LogP contribution >= 0.6 is 0 Å². The molecule has 1 N–H and O–H groups in total. The second-order valence-electron chi connectivity index (χ2n) is 8.55. The van der Waals surface area contributed by atoms with Crippen molar-refractivity contribution in [1.29, 1.82) is 0 Å². The lowest BCUT2D eigenvalue weighted by molar-refractivity contribution is -0.384. The minimum atomic E-state index is -0.845. The van der Waals surface area contributed by atoms with Crippen molar-refractivity contribution in [2.75, 3.05) is 0 Å². The monoisotopic (exact) mass is 474 g/mol. The summed E-state index contributed by atoms with van der Waals surface area (Å²) < 4.78 is 7.18. The van der Waals surface area contributed by atoms with Crippen LogP contribution in [0.2, 0.25) is 0 Å². The molecule has 0 radical (unpaired) electrons. The van der Waals surface area contributed by atoms with Crippen LogP contribution in [0, 0.1) is 16.0 Å². The molecule has 1 amide bonds. The predicted molar refractivity (Wildman–Crippen MR) is 124 cm³/mol. The highest BCUT2D eigenvalue weighted by atomic mass is 16.6. The number of nitro groups is 1. The number of hydrogen-bond donors (Lipinski definition) is 1. The number of amides is 1. The third-order valence-corrected chi connectivity index (χ3v) is 6.36. The zero-order valence-corrected chi connectivity index (χ0v) is 18.8. The highest BCUT2D eigenvalue weighted by Gasteiger charge is 2.57. The van der Waals surface area contributed by atoms with Crippen molar-refractivity contribution >= 4 is 23.1 Å². The van der Waals surface area contributed by atoms with E-state index in [-0.39, 0.29) is 29.9 Å². The Kier molecular flexibility index (Phi) is 5.65. The molecule has 0 saturated carbocycles. The molecule has 2 aliphatic rings. The lowest BCUT2D eigenvalue weighted by Crippen LogP contribution is -2.61. The summed E-state index contributed by atoms with van der Waals surface area (Å²) in [6, 6.07) is 16.6. The number of carbonyl (C=O) groups is 2. The Balaban J connectivity index is 1.43. The molecule has 178 valence electrons. The van der Waals surface area contributed by atoms with Crippen molar-refractivity contribution in [1.82, 2.24) is 14.7 Å². The smallest absolute Gasteiger partial charge is 0.355 e. The normalized spacial score (nSPS) is 19.8. The molecular formula is C25H22N4O6. The Hall–Kier alpha value is -4.31. The second-order valence-corrected chi connectivity index (χ2v) is 8.55. The van der Waals surface area contributed by atoms with Gasteiger partial charge in [0, 0.05) is 23.9 Å². The van der Waals surface area contributed by atoms with E-state index in [1.54, 1.807) is 23.9 Å². The lowest BCUT2D eigenvalue weighted by Gasteiger charge is -2.44. The van der Waals surface area contributed by atoms with Gasteiger partial charge in [-0.2, -0.15) is 5.10 Å². The van der Waals surface area contributed by atoms with Crippen molar-refractivity contribution in [2.45, 2.75) is 32.1 Å². The summed E-state index contributed by atoms with van der Waals surface area (Å²) in [5, 5.41) is 25.6. The van der Waals surface area contributed by atoms with Crippen molar-refractivity contribution in [3.63, 3.8) is 0 Å². The van der Waals surface area contributed by atoms with E-state index < -0.39 is 22.9 Å². The SMILES string of the molecule is C[C@@H](O)[C@H]1C(=O)N2C(C(=O)OCc3ccc([N+](=O)[O-])cc3)=C(c3ccn(-c4ccccc4)n3)C[C@H]12. The van der Waals surface area contributed by atoms with Gasteiger partial charge in [0.15, 0.2) is 0 Å². The summed E-state index contributed by atoms with van der Waals surface area (Å²) >= 11 is 0. The van der Waals surface area contributed by atoms with Gasteiger partial charge >= 0.3 is 5.97 Å². The fourth-order valence-electron chi connectivity index (χ4n) is 4.63. The zero-order valence-electron chi connectivity index (χ0n) is 18.8. The number of fused-ring (bicyclic) bond motifs is 1. The van der Waals surface area contributed by atoms with Gasteiger partial charge in [-0.1, -0.05) is 18.2 Å². The largest absolute Gasteiger partial charge is 0.456 e. The molecular weight excluding hydrogens is 452 g/mol. The standard InChI is InChI=1S/C25H22N4O6/c1-15(30)22-21-13-19(20-11-12-27(26-20)17-5-3-2-4-6-17)23(28(21)24(22)31)25(32)35-14-16-7-9-18(10-8-16)29(33)34/h2-12,15,21-22,30H,13-14H2,1H3/t15-,21-,22-/m1/s1. The average Bonchev–Trinajstić information content (AvgIpc) is 3.46. The van der Waals surface area contributed by atoms with Gasteiger partial charge in [0.2, 0.25) is 5.91 Å². The van der Waals surface area contributed by atoms with Crippen molar-refractivity contribution in [2.24, 2.45) is 5.92 Å². The molecule has 2 aliphatic heterocycles. The fraction of sp³-hybridized carbons (Fsp3) is 0.240. The van der Waals surface area contributed by atoms with Crippen LogP contribution in [0.25, 0.3) is 11.3 Å². The number of para-hydroxylation sites is 1. The van der Waals surface area contributed by atoms with Crippen LogP contribution in [0.4, 0.5) is 5.69 Å². The first-order chi connectivity index (χ1) is 16.8. The maximum atomic E-state index is 13.2. The first-order valence-corrected chi connectivity index (χ1v) is 11.1. The quantitative estimate of drug-likeness (QED) is 0.241. The third-order valence-electron chi connectivity index (χ3n) is 6.36. The Morgan fingerprint density at radius 3 is 2.57 bits per heavy atom. The summed E-state index contributed by atoms with van der Waals surface area (Å²) in [4.78, 5) is 37.7.